The third-order valence-electron chi connectivity index (χ3n) is 4.89. The van der Waals surface area contributed by atoms with Crippen LogP contribution in [0.4, 0.5) is 5.69 Å². The van der Waals surface area contributed by atoms with Gasteiger partial charge in [-0.1, -0.05) is 30.3 Å². The largest absolute Gasteiger partial charge is 0.325 e. The highest BCUT2D eigenvalue weighted by Crippen LogP contribution is 2.64. The van der Waals surface area contributed by atoms with Crippen LogP contribution >= 0.6 is 0 Å². The SMILES string of the molecule is O=C1Nc2ccccc2[C@@]12CC2c1ccc2cn[nH]c2c1. The Hall–Kier alpha value is -2.62. The highest BCUT2D eigenvalue weighted by molar-refractivity contribution is 6.09. The Labute approximate surface area is 121 Å². The predicted molar refractivity (Wildman–Crippen MR) is 80.2 cm³/mol. The molecule has 2 aromatic carbocycles. The van der Waals surface area contributed by atoms with E-state index in [4.69, 9.17) is 0 Å². The third kappa shape index (κ3) is 1.29. The highest BCUT2D eigenvalue weighted by Gasteiger charge is 2.64. The number of aromatic amines is 1. The van der Waals surface area contributed by atoms with Gasteiger partial charge >= 0.3 is 0 Å². The van der Waals surface area contributed by atoms with Crippen molar-refractivity contribution in [1.29, 1.82) is 0 Å². The topological polar surface area (TPSA) is 57.8 Å². The molecule has 2 heterocycles. The maximum absolute atomic E-state index is 12.5. The first-order valence-corrected chi connectivity index (χ1v) is 7.13. The van der Waals surface area contributed by atoms with E-state index in [0.29, 0.717) is 0 Å². The van der Waals surface area contributed by atoms with Crippen LogP contribution in [0.1, 0.15) is 23.5 Å². The molecule has 0 radical (unpaired) electrons. The summed E-state index contributed by atoms with van der Waals surface area (Å²) < 4.78 is 0. The summed E-state index contributed by atoms with van der Waals surface area (Å²) in [5.41, 5.74) is 3.99. The van der Waals surface area contributed by atoms with Crippen molar-refractivity contribution in [3.8, 4) is 0 Å². The van der Waals surface area contributed by atoms with E-state index < -0.39 is 0 Å². The zero-order chi connectivity index (χ0) is 14.0. The number of nitrogens with one attached hydrogen (secondary N) is 2. The maximum atomic E-state index is 12.5. The van der Waals surface area contributed by atoms with Crippen LogP contribution in [0.2, 0.25) is 0 Å². The molecular weight excluding hydrogens is 262 g/mol. The number of aromatic nitrogens is 2. The number of rotatable bonds is 1. The Morgan fingerprint density at radius 1 is 1.19 bits per heavy atom. The molecule has 2 atom stereocenters. The second-order valence-corrected chi connectivity index (χ2v) is 5.94. The number of nitrogens with zero attached hydrogens (tertiary/aromatic N) is 1. The number of carbonyl (C=O) groups excluding carboxylic acids is 1. The molecule has 1 fully saturated rings. The summed E-state index contributed by atoms with van der Waals surface area (Å²) in [6, 6.07) is 14.3. The van der Waals surface area contributed by atoms with E-state index in [1.165, 1.54) is 5.56 Å². The number of carbonyl (C=O) groups is 1. The molecule has 21 heavy (non-hydrogen) atoms. The lowest BCUT2D eigenvalue weighted by molar-refractivity contribution is -0.118. The second-order valence-electron chi connectivity index (χ2n) is 5.94. The fourth-order valence-electron chi connectivity index (χ4n) is 3.72. The fourth-order valence-corrected chi connectivity index (χ4v) is 3.72. The van der Waals surface area contributed by atoms with Gasteiger partial charge in [0, 0.05) is 17.0 Å². The van der Waals surface area contributed by atoms with Gasteiger partial charge in [0.25, 0.3) is 0 Å². The summed E-state index contributed by atoms with van der Waals surface area (Å²) in [4.78, 5) is 12.5. The molecule has 2 aliphatic rings. The third-order valence-corrected chi connectivity index (χ3v) is 4.89. The van der Waals surface area contributed by atoms with Gasteiger partial charge in [-0.15, -0.1) is 0 Å². The molecule has 1 saturated carbocycles. The first kappa shape index (κ1) is 11.1. The number of hydrogen-bond acceptors (Lipinski definition) is 2. The highest BCUT2D eigenvalue weighted by atomic mass is 16.2. The summed E-state index contributed by atoms with van der Waals surface area (Å²) in [5, 5.41) is 11.2. The van der Waals surface area contributed by atoms with Gasteiger partial charge in [0.1, 0.15) is 0 Å². The van der Waals surface area contributed by atoms with E-state index in [2.05, 4.69) is 39.8 Å². The number of fused-ring (bicyclic) bond motifs is 3. The lowest BCUT2D eigenvalue weighted by atomic mass is 9.92. The van der Waals surface area contributed by atoms with E-state index in [1.807, 2.05) is 24.4 Å². The van der Waals surface area contributed by atoms with Gasteiger partial charge in [0.2, 0.25) is 5.91 Å². The molecule has 1 spiro atoms. The molecule has 102 valence electrons. The normalized spacial score (nSPS) is 26.1. The zero-order valence-corrected chi connectivity index (χ0v) is 11.3. The Morgan fingerprint density at radius 2 is 2.10 bits per heavy atom. The summed E-state index contributed by atoms with van der Waals surface area (Å²) in [6.07, 6.45) is 2.70. The van der Waals surface area contributed by atoms with Gasteiger partial charge < -0.3 is 5.32 Å². The molecule has 1 amide bonds. The summed E-state index contributed by atoms with van der Waals surface area (Å²) >= 11 is 0. The molecule has 1 unspecified atom stereocenters. The quantitative estimate of drug-likeness (QED) is 0.717. The first-order chi connectivity index (χ1) is 10.3. The van der Waals surface area contributed by atoms with Gasteiger partial charge in [-0.25, -0.2) is 0 Å². The van der Waals surface area contributed by atoms with Crippen LogP contribution in [-0.4, -0.2) is 16.1 Å². The Bertz CT molecular complexity index is 898. The Kier molecular flexibility index (Phi) is 1.86. The van der Waals surface area contributed by atoms with Crippen LogP contribution in [0.15, 0.2) is 48.7 Å². The van der Waals surface area contributed by atoms with Crippen LogP contribution < -0.4 is 5.32 Å². The number of hydrogen-bond donors (Lipinski definition) is 2. The molecule has 4 nitrogen and oxygen atoms in total. The molecule has 1 aliphatic carbocycles. The average Bonchev–Trinajstić information content (AvgIpc) is 2.97. The molecule has 4 heteroatoms. The van der Waals surface area contributed by atoms with Crippen LogP contribution in [0.5, 0.6) is 0 Å². The second kappa shape index (κ2) is 3.52. The van der Waals surface area contributed by atoms with Crippen molar-refractivity contribution in [3.05, 3.63) is 59.8 Å². The minimum atomic E-state index is -0.357. The molecule has 1 aliphatic heterocycles. The van der Waals surface area contributed by atoms with E-state index in [1.54, 1.807) is 0 Å². The number of benzene rings is 2. The molecule has 2 N–H and O–H groups in total. The van der Waals surface area contributed by atoms with Crippen molar-refractivity contribution in [2.24, 2.45) is 0 Å². The van der Waals surface area contributed by atoms with E-state index in [9.17, 15) is 4.79 Å². The van der Waals surface area contributed by atoms with Crippen molar-refractivity contribution >= 4 is 22.5 Å². The number of amides is 1. The van der Waals surface area contributed by atoms with E-state index in [-0.39, 0.29) is 17.2 Å². The van der Waals surface area contributed by atoms with Gasteiger partial charge in [-0.3, -0.25) is 9.89 Å². The van der Waals surface area contributed by atoms with E-state index in [0.717, 1.165) is 28.6 Å². The molecule has 0 bridgehead atoms. The number of H-pyrrole nitrogens is 1. The van der Waals surface area contributed by atoms with E-state index >= 15 is 0 Å². The smallest absolute Gasteiger partial charge is 0.235 e. The van der Waals surface area contributed by atoms with Crippen LogP contribution in [0.25, 0.3) is 10.9 Å². The maximum Gasteiger partial charge on any atom is 0.235 e. The predicted octanol–water partition coefficient (Wildman–Crippen LogP) is 2.94. The van der Waals surface area contributed by atoms with Gasteiger partial charge in [0.05, 0.1) is 17.1 Å². The van der Waals surface area contributed by atoms with Gasteiger partial charge in [-0.2, -0.15) is 5.10 Å². The summed E-state index contributed by atoms with van der Waals surface area (Å²) in [5.74, 6) is 0.396. The summed E-state index contributed by atoms with van der Waals surface area (Å²) in [6.45, 7) is 0. The first-order valence-electron chi connectivity index (χ1n) is 7.13. The Balaban J connectivity index is 1.63. The summed E-state index contributed by atoms with van der Waals surface area (Å²) in [7, 11) is 0. The van der Waals surface area contributed by atoms with Crippen LogP contribution in [0.3, 0.4) is 0 Å². The molecular formula is C17H13N3O. The fraction of sp³-hybridized carbons (Fsp3) is 0.176. The molecule has 5 rings (SSSR count). The van der Waals surface area contributed by atoms with Crippen molar-refractivity contribution in [2.75, 3.05) is 5.32 Å². The van der Waals surface area contributed by atoms with Gasteiger partial charge in [-0.05, 0) is 29.7 Å². The van der Waals surface area contributed by atoms with Crippen molar-refractivity contribution < 1.29 is 4.79 Å². The lowest BCUT2D eigenvalue weighted by Gasteiger charge is -2.08. The van der Waals surface area contributed by atoms with Gasteiger partial charge in [0.15, 0.2) is 0 Å². The monoisotopic (exact) mass is 275 g/mol. The molecule has 0 saturated heterocycles. The van der Waals surface area contributed by atoms with Crippen LogP contribution in [0, 0.1) is 0 Å². The Morgan fingerprint density at radius 3 is 3.05 bits per heavy atom. The van der Waals surface area contributed by atoms with Crippen molar-refractivity contribution in [1.82, 2.24) is 10.2 Å². The molecule has 3 aromatic rings. The van der Waals surface area contributed by atoms with Crippen LogP contribution in [-0.2, 0) is 10.2 Å². The standard InChI is InChI=1S/C17H13N3O/c21-16-17(12-3-1-2-4-14(12)19-16)8-13(17)10-5-6-11-9-18-20-15(11)7-10/h1-7,9,13H,8H2,(H,18,20)(H,19,21)/t13?,17-/m1/s1. The van der Waals surface area contributed by atoms with Crippen molar-refractivity contribution in [3.63, 3.8) is 0 Å². The lowest BCUT2D eigenvalue weighted by Crippen LogP contribution is -2.20. The molecule has 1 aromatic heterocycles. The number of anilines is 1. The number of para-hydroxylation sites is 1. The minimum Gasteiger partial charge on any atom is -0.325 e. The zero-order valence-electron chi connectivity index (χ0n) is 11.3. The van der Waals surface area contributed by atoms with Crippen molar-refractivity contribution in [2.45, 2.75) is 17.8 Å². The average molecular weight is 275 g/mol. The minimum absolute atomic E-state index is 0.137.